The van der Waals surface area contributed by atoms with Crippen LogP contribution < -0.4 is 0 Å². The molecule has 1 saturated heterocycles. The average Bonchev–Trinajstić information content (AvgIpc) is 2.25. The molecule has 1 fully saturated rings. The van der Waals surface area contributed by atoms with Gasteiger partial charge in [-0.25, -0.2) is 0 Å². The third-order valence-corrected chi connectivity index (χ3v) is 3.03. The van der Waals surface area contributed by atoms with Crippen LogP contribution in [-0.2, 0) is 9.53 Å². The van der Waals surface area contributed by atoms with Crippen molar-refractivity contribution in [3.63, 3.8) is 0 Å². The van der Waals surface area contributed by atoms with E-state index in [0.29, 0.717) is 6.54 Å². The third-order valence-electron chi connectivity index (χ3n) is 3.03. The number of hydrogen-bond acceptors (Lipinski definition) is 3. The van der Waals surface area contributed by atoms with Gasteiger partial charge >= 0.3 is 0 Å². The van der Waals surface area contributed by atoms with E-state index in [1.165, 1.54) is 6.92 Å². The third kappa shape index (κ3) is 3.46. The summed E-state index contributed by atoms with van der Waals surface area (Å²) in [5.41, 5.74) is 0. The zero-order valence-electron chi connectivity index (χ0n) is 10.5. The lowest BCUT2D eigenvalue weighted by Crippen LogP contribution is -2.49. The summed E-state index contributed by atoms with van der Waals surface area (Å²) >= 11 is 0. The number of likely N-dealkylation sites (tertiary alicyclic amines) is 1. The highest BCUT2D eigenvalue weighted by Crippen LogP contribution is 2.20. The highest BCUT2D eigenvalue weighted by molar-refractivity contribution is 5.80. The fraction of sp³-hybridized carbons (Fsp3) is 0.917. The van der Waals surface area contributed by atoms with E-state index in [0.717, 1.165) is 25.9 Å². The van der Waals surface area contributed by atoms with E-state index in [1.807, 2.05) is 6.92 Å². The monoisotopic (exact) mass is 229 g/mol. The molecule has 0 aliphatic carbocycles. The molecule has 1 amide bonds. The molecular weight excluding hydrogens is 206 g/mol. The lowest BCUT2D eigenvalue weighted by Gasteiger charge is -2.38. The molecule has 0 aromatic carbocycles. The van der Waals surface area contributed by atoms with E-state index in [1.54, 1.807) is 4.90 Å². The Bertz CT molecular complexity index is 230. The molecule has 0 aromatic rings. The van der Waals surface area contributed by atoms with E-state index in [9.17, 15) is 9.90 Å². The van der Waals surface area contributed by atoms with Crippen molar-refractivity contribution in [2.75, 3.05) is 13.2 Å². The van der Waals surface area contributed by atoms with Gasteiger partial charge < -0.3 is 14.7 Å². The predicted octanol–water partition coefficient (Wildman–Crippen LogP) is 1.17. The van der Waals surface area contributed by atoms with Crippen molar-refractivity contribution in [1.82, 2.24) is 4.90 Å². The van der Waals surface area contributed by atoms with Crippen LogP contribution in [0.25, 0.3) is 0 Å². The van der Waals surface area contributed by atoms with Gasteiger partial charge in [-0.1, -0.05) is 6.92 Å². The van der Waals surface area contributed by atoms with Gasteiger partial charge in [0.2, 0.25) is 0 Å². The Morgan fingerprint density at radius 2 is 2.31 bits per heavy atom. The molecule has 0 aromatic heterocycles. The summed E-state index contributed by atoms with van der Waals surface area (Å²) in [6.45, 7) is 7.12. The molecule has 0 radical (unpaired) electrons. The quantitative estimate of drug-likeness (QED) is 0.787. The fourth-order valence-electron chi connectivity index (χ4n) is 2.13. The number of ether oxygens (including phenoxy) is 1. The fourth-order valence-corrected chi connectivity index (χ4v) is 2.13. The van der Waals surface area contributed by atoms with Crippen LogP contribution in [0.1, 0.15) is 40.0 Å². The van der Waals surface area contributed by atoms with Crippen molar-refractivity contribution in [3.8, 4) is 0 Å². The normalized spacial score (nSPS) is 27.9. The molecular formula is C12H23NO3. The minimum atomic E-state index is -0.893. The number of nitrogens with zero attached hydrogens (tertiary/aromatic N) is 1. The van der Waals surface area contributed by atoms with Crippen LogP contribution in [0.3, 0.4) is 0 Å². The predicted molar refractivity (Wildman–Crippen MR) is 62.1 cm³/mol. The van der Waals surface area contributed by atoms with Crippen molar-refractivity contribution in [2.24, 2.45) is 0 Å². The van der Waals surface area contributed by atoms with Gasteiger partial charge in [0.15, 0.2) is 0 Å². The first-order valence-corrected chi connectivity index (χ1v) is 6.16. The Hall–Kier alpha value is -0.610. The standard InChI is InChI=1S/C12H23NO3/c1-4-7-16-11-5-6-13(9(2)8-11)12(15)10(3)14/h9-11,14H,4-8H2,1-3H3/t9-,10+,11+/m1/s1. The van der Waals surface area contributed by atoms with Crippen molar-refractivity contribution < 1.29 is 14.6 Å². The van der Waals surface area contributed by atoms with Gasteiger partial charge in [0.25, 0.3) is 5.91 Å². The van der Waals surface area contributed by atoms with Crippen LogP contribution in [0.2, 0.25) is 0 Å². The first kappa shape index (κ1) is 13.5. The van der Waals surface area contributed by atoms with Crippen molar-refractivity contribution in [2.45, 2.75) is 58.3 Å². The molecule has 1 aliphatic rings. The van der Waals surface area contributed by atoms with Crippen LogP contribution >= 0.6 is 0 Å². The lowest BCUT2D eigenvalue weighted by molar-refractivity contribution is -0.145. The largest absolute Gasteiger partial charge is 0.384 e. The summed E-state index contributed by atoms with van der Waals surface area (Å²) in [6, 6.07) is 0.165. The van der Waals surface area contributed by atoms with Crippen LogP contribution in [0.5, 0.6) is 0 Å². The van der Waals surface area contributed by atoms with E-state index in [-0.39, 0.29) is 18.1 Å². The first-order valence-electron chi connectivity index (χ1n) is 6.16. The maximum absolute atomic E-state index is 11.7. The minimum Gasteiger partial charge on any atom is -0.384 e. The van der Waals surface area contributed by atoms with Gasteiger partial charge in [-0.15, -0.1) is 0 Å². The van der Waals surface area contributed by atoms with Crippen LogP contribution in [-0.4, -0.2) is 47.3 Å². The van der Waals surface area contributed by atoms with E-state index >= 15 is 0 Å². The molecule has 4 heteroatoms. The Morgan fingerprint density at radius 1 is 1.62 bits per heavy atom. The van der Waals surface area contributed by atoms with Crippen LogP contribution in [0.4, 0.5) is 0 Å². The topological polar surface area (TPSA) is 49.8 Å². The van der Waals surface area contributed by atoms with Gasteiger partial charge in [-0.2, -0.15) is 0 Å². The maximum atomic E-state index is 11.7. The Morgan fingerprint density at radius 3 is 2.81 bits per heavy atom. The number of carbonyl (C=O) groups is 1. The molecule has 0 spiro atoms. The summed E-state index contributed by atoms with van der Waals surface area (Å²) in [5.74, 6) is -0.165. The molecule has 1 heterocycles. The molecule has 0 saturated carbocycles. The van der Waals surface area contributed by atoms with Gasteiger partial charge in [0.1, 0.15) is 6.10 Å². The number of amides is 1. The lowest BCUT2D eigenvalue weighted by atomic mass is 10.00. The van der Waals surface area contributed by atoms with Crippen LogP contribution in [0, 0.1) is 0 Å². The smallest absolute Gasteiger partial charge is 0.251 e. The van der Waals surface area contributed by atoms with Crippen molar-refractivity contribution in [1.29, 1.82) is 0 Å². The number of aliphatic hydroxyl groups excluding tert-OH is 1. The summed E-state index contributed by atoms with van der Waals surface area (Å²) < 4.78 is 5.69. The van der Waals surface area contributed by atoms with Gasteiger partial charge in [-0.3, -0.25) is 4.79 Å². The second kappa shape index (κ2) is 6.21. The molecule has 1 N–H and O–H groups in total. The molecule has 1 rings (SSSR count). The summed E-state index contributed by atoms with van der Waals surface area (Å²) in [6.07, 6.45) is 2.16. The molecule has 94 valence electrons. The van der Waals surface area contributed by atoms with E-state index in [2.05, 4.69) is 6.92 Å². The Kier molecular flexibility index (Phi) is 5.22. The van der Waals surface area contributed by atoms with Crippen molar-refractivity contribution in [3.05, 3.63) is 0 Å². The highest BCUT2D eigenvalue weighted by atomic mass is 16.5. The zero-order chi connectivity index (χ0) is 12.1. The number of carbonyl (C=O) groups excluding carboxylic acids is 1. The number of piperidine rings is 1. The van der Waals surface area contributed by atoms with E-state index in [4.69, 9.17) is 4.74 Å². The molecule has 3 atom stereocenters. The highest BCUT2D eigenvalue weighted by Gasteiger charge is 2.30. The maximum Gasteiger partial charge on any atom is 0.251 e. The summed E-state index contributed by atoms with van der Waals surface area (Å²) in [7, 11) is 0. The average molecular weight is 229 g/mol. The first-order chi connectivity index (χ1) is 7.56. The molecule has 4 nitrogen and oxygen atoms in total. The van der Waals surface area contributed by atoms with Crippen molar-refractivity contribution >= 4 is 5.91 Å². The van der Waals surface area contributed by atoms with E-state index < -0.39 is 6.10 Å². The Balaban J connectivity index is 2.42. The second-order valence-electron chi connectivity index (χ2n) is 4.57. The Labute approximate surface area is 97.6 Å². The van der Waals surface area contributed by atoms with Gasteiger partial charge in [0.05, 0.1) is 6.10 Å². The molecule has 16 heavy (non-hydrogen) atoms. The molecule has 0 bridgehead atoms. The summed E-state index contributed by atoms with van der Waals surface area (Å²) in [4.78, 5) is 13.4. The van der Waals surface area contributed by atoms with Gasteiger partial charge in [0, 0.05) is 19.2 Å². The molecule has 0 unspecified atom stereocenters. The molecule has 1 aliphatic heterocycles. The zero-order valence-corrected chi connectivity index (χ0v) is 10.5. The SMILES string of the molecule is CCCO[C@H]1CCN(C(=O)[C@H](C)O)[C@H](C)C1. The second-order valence-corrected chi connectivity index (χ2v) is 4.57. The number of hydrogen-bond donors (Lipinski definition) is 1. The minimum absolute atomic E-state index is 0.165. The summed E-state index contributed by atoms with van der Waals surface area (Å²) in [5, 5.41) is 9.28. The van der Waals surface area contributed by atoms with Gasteiger partial charge in [-0.05, 0) is 33.1 Å². The number of aliphatic hydroxyl groups is 1. The number of rotatable bonds is 4. The van der Waals surface area contributed by atoms with Crippen LogP contribution in [0.15, 0.2) is 0 Å².